The lowest BCUT2D eigenvalue weighted by Gasteiger charge is -2.50. The van der Waals surface area contributed by atoms with Crippen LogP contribution in [0.3, 0.4) is 0 Å². The predicted molar refractivity (Wildman–Crippen MR) is 87.8 cm³/mol. The van der Waals surface area contributed by atoms with Gasteiger partial charge in [-0.3, -0.25) is 0 Å². The van der Waals surface area contributed by atoms with E-state index in [1.807, 2.05) is 6.92 Å². The summed E-state index contributed by atoms with van der Waals surface area (Å²) in [6, 6.07) is 0.483. The molecular formula is C16H26F3NO5S. The number of esters is 1. The summed E-state index contributed by atoms with van der Waals surface area (Å²) >= 11 is 0. The highest BCUT2D eigenvalue weighted by Gasteiger charge is 2.46. The molecule has 2 fully saturated rings. The zero-order chi connectivity index (χ0) is 20.2. The first-order valence-electron chi connectivity index (χ1n) is 8.51. The van der Waals surface area contributed by atoms with E-state index in [0.29, 0.717) is 19.2 Å². The van der Waals surface area contributed by atoms with Crippen molar-refractivity contribution in [1.82, 2.24) is 0 Å². The van der Waals surface area contributed by atoms with Gasteiger partial charge in [0.15, 0.2) is 16.7 Å². The number of ether oxygens (including phenoxy) is 1. The number of piperidine rings is 1. The second-order valence-electron chi connectivity index (χ2n) is 6.96. The van der Waals surface area contributed by atoms with E-state index in [-0.39, 0.29) is 5.97 Å². The summed E-state index contributed by atoms with van der Waals surface area (Å²) in [5, 5.41) is 0. The summed E-state index contributed by atoms with van der Waals surface area (Å²) in [6.45, 7) is 8.22. The van der Waals surface area contributed by atoms with Gasteiger partial charge < -0.3 is 13.8 Å². The summed E-state index contributed by atoms with van der Waals surface area (Å²) < 4.78 is 64.9. The summed E-state index contributed by atoms with van der Waals surface area (Å²) in [5.74, 6) is 0.679. The lowest BCUT2D eigenvalue weighted by molar-refractivity contribution is -0.931. The monoisotopic (exact) mass is 401 g/mol. The Labute approximate surface area is 152 Å². The second-order valence-corrected chi connectivity index (χ2v) is 8.33. The molecule has 2 aliphatic rings. The van der Waals surface area contributed by atoms with E-state index < -0.39 is 15.6 Å². The van der Waals surface area contributed by atoms with Crippen molar-refractivity contribution < 1.29 is 40.2 Å². The molecule has 1 heterocycles. The number of likely N-dealkylation sites (N-methyl/N-ethyl adjacent to an activating group) is 1. The molecule has 2 rings (SSSR count). The van der Waals surface area contributed by atoms with Gasteiger partial charge in [0.05, 0.1) is 20.2 Å². The minimum Gasteiger partial charge on any atom is -0.741 e. The van der Waals surface area contributed by atoms with Crippen LogP contribution in [-0.2, 0) is 19.6 Å². The minimum atomic E-state index is -6.09. The molecular weight excluding hydrogens is 375 g/mol. The molecule has 0 aromatic rings. The second kappa shape index (κ2) is 8.71. The van der Waals surface area contributed by atoms with Crippen molar-refractivity contribution in [2.45, 2.75) is 50.6 Å². The molecule has 0 spiro atoms. The number of carbonyl (C=O) groups is 1. The summed E-state index contributed by atoms with van der Waals surface area (Å²) in [5.41, 5.74) is -4.29. The van der Waals surface area contributed by atoms with E-state index in [1.165, 1.54) is 31.3 Å². The fourth-order valence-corrected chi connectivity index (χ4v) is 4.02. The van der Waals surface area contributed by atoms with E-state index in [4.69, 9.17) is 17.7 Å². The molecule has 1 saturated heterocycles. The molecule has 0 amide bonds. The Morgan fingerprint density at radius 1 is 1.35 bits per heavy atom. The minimum absolute atomic E-state index is 0.0565. The smallest absolute Gasteiger partial charge is 0.485 e. The maximum atomic E-state index is 11.8. The van der Waals surface area contributed by atoms with Crippen molar-refractivity contribution in [1.29, 1.82) is 0 Å². The fourth-order valence-electron chi connectivity index (χ4n) is 4.02. The largest absolute Gasteiger partial charge is 0.741 e. The van der Waals surface area contributed by atoms with Gasteiger partial charge in [-0.2, -0.15) is 13.2 Å². The van der Waals surface area contributed by atoms with Crippen LogP contribution in [0.15, 0.2) is 12.2 Å². The quantitative estimate of drug-likeness (QED) is 0.239. The summed E-state index contributed by atoms with van der Waals surface area (Å²) in [7, 11) is -3.88. The maximum absolute atomic E-state index is 11.8. The Kier molecular flexibility index (Phi) is 7.67. The number of carbonyl (C=O) groups excluding carboxylic acids is 1. The van der Waals surface area contributed by atoms with Gasteiger partial charge in [0, 0.05) is 5.92 Å². The van der Waals surface area contributed by atoms with Gasteiger partial charge in [-0.1, -0.05) is 6.58 Å². The molecule has 10 heteroatoms. The van der Waals surface area contributed by atoms with Crippen molar-refractivity contribution in [3.05, 3.63) is 12.2 Å². The third-order valence-electron chi connectivity index (χ3n) is 4.93. The number of rotatable bonds is 3. The summed E-state index contributed by atoms with van der Waals surface area (Å²) in [4.78, 5) is 11.8. The molecule has 0 N–H and O–H groups in total. The van der Waals surface area contributed by atoms with Gasteiger partial charge in [-0.25, -0.2) is 13.2 Å². The molecule has 3 unspecified atom stereocenters. The average molecular weight is 401 g/mol. The highest BCUT2D eigenvalue weighted by atomic mass is 32.2. The Bertz CT molecular complexity index is 618. The van der Waals surface area contributed by atoms with Gasteiger partial charge in [-0.15, -0.1) is 0 Å². The molecule has 26 heavy (non-hydrogen) atoms. The van der Waals surface area contributed by atoms with E-state index in [2.05, 4.69) is 13.6 Å². The molecule has 3 atom stereocenters. The standard InChI is InChI=1S/C15H26NO2.CHF3O3S/c1-4-18-14(17)11-16(3)10-6-9-13-8-5-7-12(2)15(13)16;2-1(3,4)8(5,6)7/h13,15H,2,4-11H2,1,3H3;(H,5,6,7)/q+1;/p-1. The number of quaternary nitrogens is 1. The lowest BCUT2D eigenvalue weighted by atomic mass is 9.74. The Morgan fingerprint density at radius 3 is 2.38 bits per heavy atom. The van der Waals surface area contributed by atoms with Gasteiger partial charge in [-0.05, 0) is 44.6 Å². The van der Waals surface area contributed by atoms with Crippen LogP contribution < -0.4 is 0 Å². The molecule has 1 aliphatic carbocycles. The van der Waals surface area contributed by atoms with Crippen LogP contribution in [0.5, 0.6) is 0 Å². The number of fused-ring (bicyclic) bond motifs is 1. The van der Waals surface area contributed by atoms with Crippen molar-refractivity contribution in [3.63, 3.8) is 0 Å². The van der Waals surface area contributed by atoms with Crippen LogP contribution >= 0.6 is 0 Å². The highest BCUT2D eigenvalue weighted by molar-refractivity contribution is 7.86. The molecule has 0 aromatic carbocycles. The van der Waals surface area contributed by atoms with E-state index in [0.717, 1.165) is 23.4 Å². The van der Waals surface area contributed by atoms with Crippen molar-refractivity contribution in [2.24, 2.45) is 5.92 Å². The zero-order valence-corrected chi connectivity index (χ0v) is 15.9. The molecule has 0 radical (unpaired) electrons. The van der Waals surface area contributed by atoms with Crippen molar-refractivity contribution in [2.75, 3.05) is 26.7 Å². The number of hydrogen-bond acceptors (Lipinski definition) is 5. The van der Waals surface area contributed by atoms with Gasteiger partial charge in [0.1, 0.15) is 6.04 Å². The normalized spacial score (nSPS) is 29.2. The number of likely N-dealkylation sites (tertiary alicyclic amines) is 1. The highest BCUT2D eigenvalue weighted by Crippen LogP contribution is 2.41. The molecule has 0 bridgehead atoms. The predicted octanol–water partition coefficient (Wildman–Crippen LogP) is 2.57. The van der Waals surface area contributed by atoms with E-state index in [9.17, 15) is 18.0 Å². The molecule has 1 aliphatic heterocycles. The fraction of sp³-hybridized carbons (Fsp3) is 0.812. The number of hydrogen-bond donors (Lipinski definition) is 0. The average Bonchev–Trinajstić information content (AvgIpc) is 2.45. The zero-order valence-electron chi connectivity index (χ0n) is 15.0. The Balaban J connectivity index is 0.000000359. The maximum Gasteiger partial charge on any atom is 0.485 e. The summed E-state index contributed by atoms with van der Waals surface area (Å²) in [6.07, 6.45) is 6.25. The van der Waals surface area contributed by atoms with Crippen LogP contribution in [0.25, 0.3) is 0 Å². The van der Waals surface area contributed by atoms with Crippen molar-refractivity contribution in [3.8, 4) is 0 Å². The van der Waals surface area contributed by atoms with Gasteiger partial charge in [0.25, 0.3) is 0 Å². The third-order valence-corrected chi connectivity index (χ3v) is 5.50. The van der Waals surface area contributed by atoms with Crippen LogP contribution in [0.4, 0.5) is 13.2 Å². The SMILES string of the molecule is C=C1CCCC2CCC[N+](C)(CC(=O)OCC)C12.O=S(=O)([O-])C(F)(F)F. The van der Waals surface area contributed by atoms with Crippen LogP contribution in [0, 0.1) is 5.92 Å². The van der Waals surface area contributed by atoms with Gasteiger partial charge in [0.2, 0.25) is 0 Å². The topological polar surface area (TPSA) is 83.5 Å². The third kappa shape index (κ3) is 5.95. The lowest BCUT2D eigenvalue weighted by Crippen LogP contribution is -2.62. The molecule has 0 aromatic heterocycles. The van der Waals surface area contributed by atoms with Crippen molar-refractivity contribution >= 4 is 16.1 Å². The number of nitrogens with zero attached hydrogens (tertiary/aromatic N) is 1. The number of alkyl halides is 3. The van der Waals surface area contributed by atoms with E-state index in [1.54, 1.807) is 0 Å². The van der Waals surface area contributed by atoms with Crippen LogP contribution in [0.1, 0.15) is 39.0 Å². The van der Waals surface area contributed by atoms with Gasteiger partial charge >= 0.3 is 11.5 Å². The first-order chi connectivity index (χ1) is 11.8. The molecule has 1 saturated carbocycles. The first kappa shape index (κ1) is 22.9. The Morgan fingerprint density at radius 2 is 1.88 bits per heavy atom. The van der Waals surface area contributed by atoms with Crippen LogP contribution in [0.2, 0.25) is 0 Å². The molecule has 152 valence electrons. The molecule has 6 nitrogen and oxygen atoms in total. The number of halogens is 3. The first-order valence-corrected chi connectivity index (χ1v) is 9.92. The van der Waals surface area contributed by atoms with E-state index >= 15 is 0 Å². The Hall–Kier alpha value is -1.13. The van der Waals surface area contributed by atoms with Crippen LogP contribution in [-0.4, -0.2) is 61.7 Å².